The molecule has 0 bridgehead atoms. The molecule has 1 aromatic heterocycles. The van der Waals surface area contributed by atoms with E-state index in [1.807, 2.05) is 42.1 Å². The molecule has 128 valence electrons. The van der Waals surface area contributed by atoms with Gasteiger partial charge in [-0.15, -0.1) is 0 Å². The molecule has 4 nitrogen and oxygen atoms in total. The Kier molecular flexibility index (Phi) is 5.24. The summed E-state index contributed by atoms with van der Waals surface area (Å²) >= 11 is 0. The molecule has 24 heavy (non-hydrogen) atoms. The molecule has 4 heteroatoms. The first-order valence-electron chi connectivity index (χ1n) is 8.92. The Morgan fingerprint density at radius 2 is 2.04 bits per heavy atom. The first-order valence-corrected chi connectivity index (χ1v) is 8.92. The summed E-state index contributed by atoms with van der Waals surface area (Å²) in [4.78, 5) is 15.0. The van der Waals surface area contributed by atoms with Crippen LogP contribution < -0.4 is 4.90 Å². The summed E-state index contributed by atoms with van der Waals surface area (Å²) in [5, 5.41) is 0. The lowest BCUT2D eigenvalue weighted by Gasteiger charge is -2.36. The monoisotopic (exact) mass is 326 g/mol. The molecule has 0 amide bonds. The van der Waals surface area contributed by atoms with Crippen molar-refractivity contribution in [2.24, 2.45) is 0 Å². The molecule has 1 aliphatic rings. The molecular weight excluding hydrogens is 300 g/mol. The Balaban J connectivity index is 1.98. The van der Waals surface area contributed by atoms with Gasteiger partial charge in [0.1, 0.15) is 0 Å². The van der Waals surface area contributed by atoms with Crippen LogP contribution in [0.4, 0.5) is 5.69 Å². The number of carbonyl (C=O) groups excluding carboxylic acids is 1. The number of anilines is 1. The molecule has 1 aliphatic heterocycles. The fraction of sp³-hybridized carbons (Fsp3) is 0.450. The van der Waals surface area contributed by atoms with Gasteiger partial charge in [-0.2, -0.15) is 0 Å². The van der Waals surface area contributed by atoms with Gasteiger partial charge in [0.25, 0.3) is 0 Å². The van der Waals surface area contributed by atoms with Gasteiger partial charge in [-0.25, -0.2) is 4.79 Å². The molecule has 0 spiro atoms. The summed E-state index contributed by atoms with van der Waals surface area (Å²) in [6, 6.07) is 10.5. The third kappa shape index (κ3) is 3.48. The highest BCUT2D eigenvalue weighted by atomic mass is 16.5. The van der Waals surface area contributed by atoms with Gasteiger partial charge in [-0.05, 0) is 62.9 Å². The van der Waals surface area contributed by atoms with Crippen LogP contribution in [0.3, 0.4) is 0 Å². The molecule has 1 saturated heterocycles. The standard InChI is InChI=1S/C20H26N2O2/c1-3-14-24-20(23)18-15-17(21-11-6-7-12-21)9-10-19(18)22-13-5-4-8-16(22)2/h6-7,9-12,15-16H,3-5,8,13-14H2,1-2H3/t16-/m0/s1. The average Bonchev–Trinajstić information content (AvgIpc) is 3.14. The Hall–Kier alpha value is -2.23. The molecule has 1 atom stereocenters. The molecule has 0 saturated carbocycles. The zero-order valence-corrected chi connectivity index (χ0v) is 14.6. The number of benzene rings is 1. The summed E-state index contributed by atoms with van der Waals surface area (Å²) in [7, 11) is 0. The van der Waals surface area contributed by atoms with Crippen LogP contribution in [-0.2, 0) is 4.74 Å². The zero-order chi connectivity index (χ0) is 16.9. The summed E-state index contributed by atoms with van der Waals surface area (Å²) < 4.78 is 7.46. The third-order valence-electron chi connectivity index (χ3n) is 4.65. The van der Waals surface area contributed by atoms with Gasteiger partial charge in [0.05, 0.1) is 17.9 Å². The van der Waals surface area contributed by atoms with E-state index in [1.165, 1.54) is 19.3 Å². The fourth-order valence-corrected chi connectivity index (χ4v) is 3.33. The number of esters is 1. The third-order valence-corrected chi connectivity index (χ3v) is 4.65. The molecule has 0 unspecified atom stereocenters. The van der Waals surface area contributed by atoms with E-state index in [0.717, 1.165) is 24.3 Å². The zero-order valence-electron chi connectivity index (χ0n) is 14.6. The van der Waals surface area contributed by atoms with Crippen LogP contribution in [0.5, 0.6) is 0 Å². The van der Waals surface area contributed by atoms with E-state index in [9.17, 15) is 4.79 Å². The highest BCUT2D eigenvalue weighted by Gasteiger charge is 2.24. The van der Waals surface area contributed by atoms with E-state index in [-0.39, 0.29) is 5.97 Å². The first-order chi connectivity index (χ1) is 11.7. The van der Waals surface area contributed by atoms with Crippen LogP contribution in [0.2, 0.25) is 0 Å². The number of hydrogen-bond acceptors (Lipinski definition) is 3. The SMILES string of the molecule is CCCOC(=O)c1cc(-n2cccc2)ccc1N1CCCC[C@@H]1C. The molecule has 3 rings (SSSR count). The van der Waals surface area contributed by atoms with Crippen LogP contribution in [-0.4, -0.2) is 29.7 Å². The van der Waals surface area contributed by atoms with Crippen LogP contribution in [0.1, 0.15) is 49.9 Å². The second-order valence-electron chi connectivity index (χ2n) is 6.47. The van der Waals surface area contributed by atoms with Crippen molar-refractivity contribution in [3.8, 4) is 5.69 Å². The van der Waals surface area contributed by atoms with Crippen molar-refractivity contribution in [2.45, 2.75) is 45.6 Å². The maximum Gasteiger partial charge on any atom is 0.340 e. The molecule has 2 heterocycles. The molecule has 2 aromatic rings. The van der Waals surface area contributed by atoms with Crippen molar-refractivity contribution in [3.05, 3.63) is 48.3 Å². The van der Waals surface area contributed by atoms with Gasteiger partial charge in [-0.1, -0.05) is 6.92 Å². The van der Waals surface area contributed by atoms with Gasteiger partial charge in [0.15, 0.2) is 0 Å². The van der Waals surface area contributed by atoms with Crippen LogP contribution in [0.15, 0.2) is 42.7 Å². The topological polar surface area (TPSA) is 34.5 Å². The van der Waals surface area contributed by atoms with E-state index < -0.39 is 0 Å². The molecule has 0 aliphatic carbocycles. The minimum Gasteiger partial charge on any atom is -0.462 e. The first kappa shape index (κ1) is 16.6. The number of aromatic nitrogens is 1. The van der Waals surface area contributed by atoms with Crippen molar-refractivity contribution in [1.82, 2.24) is 4.57 Å². The van der Waals surface area contributed by atoms with Crippen LogP contribution in [0, 0.1) is 0 Å². The summed E-state index contributed by atoms with van der Waals surface area (Å²) in [6.45, 7) is 5.71. The van der Waals surface area contributed by atoms with Crippen molar-refractivity contribution in [2.75, 3.05) is 18.1 Å². The number of carbonyl (C=O) groups is 1. The lowest BCUT2D eigenvalue weighted by Crippen LogP contribution is -2.38. The van der Waals surface area contributed by atoms with Gasteiger partial charge in [0.2, 0.25) is 0 Å². The van der Waals surface area contributed by atoms with Crippen LogP contribution >= 0.6 is 0 Å². The smallest absolute Gasteiger partial charge is 0.340 e. The highest BCUT2D eigenvalue weighted by Crippen LogP contribution is 2.30. The second-order valence-corrected chi connectivity index (χ2v) is 6.47. The number of nitrogens with zero attached hydrogens (tertiary/aromatic N) is 2. The normalized spacial score (nSPS) is 17.8. The van der Waals surface area contributed by atoms with E-state index in [1.54, 1.807) is 0 Å². The predicted octanol–water partition coefficient (Wildman–Crippen LogP) is 4.42. The van der Waals surface area contributed by atoms with Gasteiger partial charge in [-0.3, -0.25) is 0 Å². The quantitative estimate of drug-likeness (QED) is 0.763. The van der Waals surface area contributed by atoms with Gasteiger partial charge in [0, 0.05) is 30.7 Å². The summed E-state index contributed by atoms with van der Waals surface area (Å²) in [5.41, 5.74) is 2.65. The molecule has 1 aromatic carbocycles. The van der Waals surface area contributed by atoms with E-state index in [0.29, 0.717) is 18.2 Å². The highest BCUT2D eigenvalue weighted by molar-refractivity contribution is 5.96. The Morgan fingerprint density at radius 1 is 1.25 bits per heavy atom. The second kappa shape index (κ2) is 7.56. The minimum atomic E-state index is -0.223. The lowest BCUT2D eigenvalue weighted by atomic mass is 10.0. The van der Waals surface area contributed by atoms with Crippen molar-refractivity contribution >= 4 is 11.7 Å². The summed E-state index contributed by atoms with van der Waals surface area (Å²) in [5.74, 6) is -0.223. The molecule has 0 radical (unpaired) electrons. The maximum absolute atomic E-state index is 12.6. The van der Waals surface area contributed by atoms with E-state index >= 15 is 0 Å². The minimum absolute atomic E-state index is 0.223. The van der Waals surface area contributed by atoms with E-state index in [4.69, 9.17) is 4.74 Å². The largest absolute Gasteiger partial charge is 0.462 e. The number of piperidine rings is 1. The summed E-state index contributed by atoms with van der Waals surface area (Å²) in [6.07, 6.45) is 8.41. The lowest BCUT2D eigenvalue weighted by molar-refractivity contribution is 0.0505. The number of hydrogen-bond donors (Lipinski definition) is 0. The van der Waals surface area contributed by atoms with Crippen molar-refractivity contribution < 1.29 is 9.53 Å². The fourth-order valence-electron chi connectivity index (χ4n) is 3.33. The average molecular weight is 326 g/mol. The number of rotatable bonds is 5. The Bertz CT molecular complexity index is 679. The molecule has 0 N–H and O–H groups in total. The molecular formula is C20H26N2O2. The maximum atomic E-state index is 12.6. The molecule has 1 fully saturated rings. The Morgan fingerprint density at radius 3 is 2.75 bits per heavy atom. The van der Waals surface area contributed by atoms with Crippen LogP contribution in [0.25, 0.3) is 5.69 Å². The van der Waals surface area contributed by atoms with Gasteiger partial charge >= 0.3 is 5.97 Å². The number of ether oxygens (including phenoxy) is 1. The van der Waals surface area contributed by atoms with Crippen molar-refractivity contribution in [1.29, 1.82) is 0 Å². The van der Waals surface area contributed by atoms with Gasteiger partial charge < -0.3 is 14.2 Å². The van der Waals surface area contributed by atoms with E-state index in [2.05, 4.69) is 24.0 Å². The van der Waals surface area contributed by atoms with Crippen molar-refractivity contribution in [3.63, 3.8) is 0 Å². The Labute approximate surface area is 144 Å². The predicted molar refractivity (Wildman–Crippen MR) is 97.0 cm³/mol.